The Labute approximate surface area is 257 Å². The normalized spacial score (nSPS) is 17.0. The van der Waals surface area contributed by atoms with Gasteiger partial charge in [0.25, 0.3) is 0 Å². The number of amides is 2. The van der Waals surface area contributed by atoms with E-state index in [1.807, 2.05) is 63.6 Å². The number of methoxy groups -OCH3 is 1. The lowest BCUT2D eigenvalue weighted by Crippen LogP contribution is -2.41. The molecule has 2 aliphatic heterocycles. The number of likely N-dealkylation sites (N-methyl/N-ethyl adjacent to an activating group) is 3. The predicted molar refractivity (Wildman–Crippen MR) is 171 cm³/mol. The molecule has 3 aromatic rings. The molecule has 0 saturated heterocycles. The fourth-order valence-corrected chi connectivity index (χ4v) is 5.94. The lowest BCUT2D eigenvalue weighted by atomic mass is 9.95. The summed E-state index contributed by atoms with van der Waals surface area (Å²) in [6, 6.07) is 13.0. The molecule has 2 amide bonds. The average molecular weight is 610 g/mol. The number of rotatable bonds is 11. The zero-order chi connectivity index (χ0) is 30.7. The van der Waals surface area contributed by atoms with Gasteiger partial charge in [-0.1, -0.05) is 24.3 Å². The van der Waals surface area contributed by atoms with Crippen molar-refractivity contribution in [3.63, 3.8) is 0 Å². The standard InChI is InChI=1S/C32H40ClN5O5/c1-34-10-11-37(4)32(40)43-27-17-26-30(23-9-7-6-8-22(23)27)21(18-33)19-38(26)31(39)25-14-20-15-29(42-13-12-36(2)3)28(41-5)16-24(20)35-25/h6-9,15-17,21,25,34-35H,10-14,18-19H2,1-5H3/t21-,25?/m1/s1. The van der Waals surface area contributed by atoms with Gasteiger partial charge in [-0.15, -0.1) is 11.6 Å². The molecule has 2 N–H and O–H groups in total. The molecule has 0 saturated carbocycles. The quantitative estimate of drug-likeness (QED) is 0.313. The van der Waals surface area contributed by atoms with Gasteiger partial charge < -0.3 is 39.5 Å². The van der Waals surface area contributed by atoms with E-state index in [1.165, 1.54) is 4.90 Å². The minimum Gasteiger partial charge on any atom is -0.493 e. The number of nitrogens with zero attached hydrogens (tertiary/aromatic N) is 3. The van der Waals surface area contributed by atoms with Crippen molar-refractivity contribution in [3.8, 4) is 17.2 Å². The van der Waals surface area contributed by atoms with E-state index in [1.54, 1.807) is 19.1 Å². The third-order valence-corrected chi connectivity index (χ3v) is 8.40. The Morgan fingerprint density at radius 3 is 2.53 bits per heavy atom. The van der Waals surface area contributed by atoms with Crippen LogP contribution in [0.15, 0.2) is 42.5 Å². The highest BCUT2D eigenvalue weighted by Gasteiger charge is 2.39. The Bertz CT molecular complexity index is 1500. The van der Waals surface area contributed by atoms with Crippen LogP contribution in [0.5, 0.6) is 17.2 Å². The summed E-state index contributed by atoms with van der Waals surface area (Å²) in [4.78, 5) is 32.5. The highest BCUT2D eigenvalue weighted by atomic mass is 35.5. The molecule has 3 aromatic carbocycles. The lowest BCUT2D eigenvalue weighted by molar-refractivity contribution is -0.119. The maximum Gasteiger partial charge on any atom is 0.415 e. The van der Waals surface area contributed by atoms with Gasteiger partial charge in [0, 0.05) is 74.7 Å². The van der Waals surface area contributed by atoms with E-state index in [4.69, 9.17) is 25.8 Å². The largest absolute Gasteiger partial charge is 0.493 e. The molecule has 5 rings (SSSR count). The van der Waals surface area contributed by atoms with E-state index in [0.717, 1.165) is 39.8 Å². The number of anilines is 2. The molecule has 10 nitrogen and oxygen atoms in total. The van der Waals surface area contributed by atoms with E-state index in [0.29, 0.717) is 55.8 Å². The molecule has 0 radical (unpaired) electrons. The van der Waals surface area contributed by atoms with Crippen LogP contribution < -0.4 is 29.7 Å². The number of hydrogen-bond acceptors (Lipinski definition) is 8. The summed E-state index contributed by atoms with van der Waals surface area (Å²) in [5.74, 6) is 1.91. The van der Waals surface area contributed by atoms with Crippen molar-refractivity contribution in [2.45, 2.75) is 18.4 Å². The van der Waals surface area contributed by atoms with Gasteiger partial charge in [-0.05, 0) is 43.7 Å². The number of halogens is 1. The lowest BCUT2D eigenvalue weighted by Gasteiger charge is -2.23. The number of fused-ring (bicyclic) bond motifs is 4. The molecule has 0 aliphatic carbocycles. The van der Waals surface area contributed by atoms with E-state index in [9.17, 15) is 9.59 Å². The molecule has 43 heavy (non-hydrogen) atoms. The molecular weight excluding hydrogens is 570 g/mol. The molecular formula is C32H40ClN5O5. The van der Waals surface area contributed by atoms with Gasteiger partial charge in [0.2, 0.25) is 5.91 Å². The van der Waals surface area contributed by atoms with E-state index in [2.05, 4.69) is 15.5 Å². The molecule has 0 spiro atoms. The molecule has 0 fully saturated rings. The summed E-state index contributed by atoms with van der Waals surface area (Å²) >= 11 is 6.48. The number of carbonyl (C=O) groups is 2. The van der Waals surface area contributed by atoms with Crippen LogP contribution in [0, 0.1) is 0 Å². The van der Waals surface area contributed by atoms with Crippen LogP contribution in [0.1, 0.15) is 17.0 Å². The minimum absolute atomic E-state index is 0.0610. The van der Waals surface area contributed by atoms with Crippen molar-refractivity contribution in [2.75, 3.05) is 84.2 Å². The monoisotopic (exact) mass is 609 g/mol. The van der Waals surface area contributed by atoms with Crippen molar-refractivity contribution in [1.29, 1.82) is 0 Å². The first-order valence-corrected chi connectivity index (χ1v) is 15.0. The second kappa shape index (κ2) is 13.3. The van der Waals surface area contributed by atoms with Gasteiger partial charge in [-0.2, -0.15) is 0 Å². The van der Waals surface area contributed by atoms with Crippen molar-refractivity contribution >= 4 is 45.7 Å². The molecule has 2 aliphatic rings. The van der Waals surface area contributed by atoms with Gasteiger partial charge in [0.1, 0.15) is 18.4 Å². The Morgan fingerprint density at radius 1 is 1.07 bits per heavy atom. The van der Waals surface area contributed by atoms with Crippen molar-refractivity contribution < 1.29 is 23.8 Å². The maximum atomic E-state index is 14.2. The summed E-state index contributed by atoms with van der Waals surface area (Å²) in [6.07, 6.45) is 0.0428. The number of ether oxygens (including phenoxy) is 3. The zero-order valence-electron chi connectivity index (χ0n) is 25.4. The van der Waals surface area contributed by atoms with Crippen molar-refractivity contribution in [2.24, 2.45) is 0 Å². The fraction of sp³-hybridized carbons (Fsp3) is 0.438. The van der Waals surface area contributed by atoms with Gasteiger partial charge in [-0.3, -0.25) is 4.79 Å². The van der Waals surface area contributed by atoms with Crippen LogP contribution >= 0.6 is 11.6 Å². The molecule has 11 heteroatoms. The summed E-state index contributed by atoms with van der Waals surface area (Å²) in [5, 5.41) is 8.17. The van der Waals surface area contributed by atoms with Crippen molar-refractivity contribution in [1.82, 2.24) is 15.1 Å². The van der Waals surface area contributed by atoms with Crippen LogP contribution in [0.2, 0.25) is 0 Å². The van der Waals surface area contributed by atoms with Crippen LogP contribution in [0.4, 0.5) is 16.2 Å². The number of nitrogens with one attached hydrogen (secondary N) is 2. The molecule has 2 atom stereocenters. The topological polar surface area (TPSA) is 95.6 Å². The first-order chi connectivity index (χ1) is 20.7. The van der Waals surface area contributed by atoms with Crippen LogP contribution in [-0.2, 0) is 11.2 Å². The Hall–Kier alpha value is -3.73. The van der Waals surface area contributed by atoms with E-state index in [-0.39, 0.29) is 11.8 Å². The number of hydrogen-bond donors (Lipinski definition) is 2. The van der Waals surface area contributed by atoms with Crippen LogP contribution in [0.3, 0.4) is 0 Å². The fourth-order valence-electron chi connectivity index (χ4n) is 5.69. The maximum absolute atomic E-state index is 14.2. The second-order valence-corrected chi connectivity index (χ2v) is 11.6. The summed E-state index contributed by atoms with van der Waals surface area (Å²) in [6.45, 7) is 2.88. The van der Waals surface area contributed by atoms with Gasteiger partial charge in [0.15, 0.2) is 11.5 Å². The molecule has 0 bridgehead atoms. The third kappa shape index (κ3) is 6.32. The summed E-state index contributed by atoms with van der Waals surface area (Å²) in [5.41, 5.74) is 3.56. The van der Waals surface area contributed by atoms with Gasteiger partial charge in [-0.25, -0.2) is 4.79 Å². The average Bonchev–Trinajstić information content (AvgIpc) is 3.60. The van der Waals surface area contributed by atoms with E-state index < -0.39 is 12.1 Å². The number of alkyl halides is 1. The molecule has 230 valence electrons. The first-order valence-electron chi connectivity index (χ1n) is 14.5. The molecule has 0 aromatic heterocycles. The Morgan fingerprint density at radius 2 is 1.84 bits per heavy atom. The Kier molecular flexibility index (Phi) is 9.49. The summed E-state index contributed by atoms with van der Waals surface area (Å²) < 4.78 is 17.5. The second-order valence-electron chi connectivity index (χ2n) is 11.3. The molecule has 1 unspecified atom stereocenters. The Balaban J connectivity index is 1.43. The number of carbonyl (C=O) groups excluding carboxylic acids is 2. The minimum atomic E-state index is -0.483. The molecule has 2 heterocycles. The smallest absolute Gasteiger partial charge is 0.415 e. The van der Waals surface area contributed by atoms with Crippen molar-refractivity contribution in [3.05, 3.63) is 53.6 Å². The SMILES string of the molecule is CNCCN(C)C(=O)Oc1cc2c(c3ccccc13)[C@H](CCl)CN2C(=O)C1Cc2cc(OCCN(C)C)c(OC)cc2N1. The van der Waals surface area contributed by atoms with Crippen LogP contribution in [0.25, 0.3) is 10.8 Å². The van der Waals surface area contributed by atoms with Gasteiger partial charge >= 0.3 is 6.09 Å². The predicted octanol–water partition coefficient (Wildman–Crippen LogP) is 4.14. The third-order valence-electron chi connectivity index (χ3n) is 8.02. The summed E-state index contributed by atoms with van der Waals surface area (Å²) in [7, 11) is 9.13. The van der Waals surface area contributed by atoms with E-state index >= 15 is 0 Å². The van der Waals surface area contributed by atoms with Gasteiger partial charge in [0.05, 0.1) is 12.8 Å². The number of benzene rings is 3. The first kappa shape index (κ1) is 30.7. The highest BCUT2D eigenvalue weighted by Crippen LogP contribution is 2.46. The van der Waals surface area contributed by atoms with Crippen LogP contribution in [-0.4, -0.2) is 102 Å². The zero-order valence-corrected chi connectivity index (χ0v) is 26.2. The highest BCUT2D eigenvalue weighted by molar-refractivity contribution is 6.19.